The molecular weight excluding hydrogens is 316 g/mol. The van der Waals surface area contributed by atoms with Crippen LogP contribution in [0, 0.1) is 0 Å². The van der Waals surface area contributed by atoms with E-state index in [9.17, 15) is 13.5 Å². The van der Waals surface area contributed by atoms with Gasteiger partial charge in [-0.05, 0) is 42.8 Å². The molecule has 0 saturated carbocycles. The number of aliphatic imine (C=N–C) groups is 1. The summed E-state index contributed by atoms with van der Waals surface area (Å²) < 4.78 is 27.6. The molecule has 122 valence electrons. The van der Waals surface area contributed by atoms with E-state index in [0.29, 0.717) is 11.3 Å². The van der Waals surface area contributed by atoms with Gasteiger partial charge in [-0.2, -0.15) is 0 Å². The molecule has 0 radical (unpaired) electrons. The van der Waals surface area contributed by atoms with Crippen LogP contribution in [0.4, 0.5) is 0 Å². The molecule has 0 aromatic heterocycles. The Morgan fingerprint density at radius 1 is 1.22 bits per heavy atom. The van der Waals surface area contributed by atoms with Gasteiger partial charge in [0, 0.05) is 11.8 Å². The zero-order chi connectivity index (χ0) is 17.0. The highest BCUT2D eigenvalue weighted by atomic mass is 32.2. The van der Waals surface area contributed by atoms with E-state index in [-0.39, 0.29) is 16.7 Å². The molecule has 0 amide bonds. The van der Waals surface area contributed by atoms with Gasteiger partial charge in [-0.25, -0.2) is 13.6 Å². The monoisotopic (exact) mass is 334 g/mol. The SMILES string of the molecule is COc1ccc(O)c(C=N[C@@H](C)c2ccc(S(N)(=O)=O)cc2)c1. The summed E-state index contributed by atoms with van der Waals surface area (Å²) in [6, 6.07) is 10.9. The lowest BCUT2D eigenvalue weighted by atomic mass is 10.1. The molecule has 0 aliphatic rings. The number of rotatable bonds is 5. The Balaban J connectivity index is 2.20. The van der Waals surface area contributed by atoms with Crippen LogP contribution in [0.5, 0.6) is 11.5 Å². The van der Waals surface area contributed by atoms with Crippen LogP contribution in [0.3, 0.4) is 0 Å². The maximum atomic E-state index is 11.2. The number of methoxy groups -OCH3 is 1. The summed E-state index contributed by atoms with van der Waals surface area (Å²) in [5, 5.41) is 14.9. The topological polar surface area (TPSA) is 102 Å². The smallest absolute Gasteiger partial charge is 0.238 e. The summed E-state index contributed by atoms with van der Waals surface area (Å²) in [7, 11) is -2.15. The molecule has 2 aromatic rings. The molecule has 2 rings (SSSR count). The molecular formula is C16H18N2O4S. The standard InChI is InChI=1S/C16H18N2O4S/c1-11(12-3-6-15(7-4-12)23(17,20)21)18-10-13-9-14(22-2)5-8-16(13)19/h3-11,19H,1-2H3,(H2,17,20,21)/t11-/m0/s1. The largest absolute Gasteiger partial charge is 0.507 e. The van der Waals surface area contributed by atoms with Gasteiger partial charge >= 0.3 is 0 Å². The Bertz CT molecular complexity index is 814. The summed E-state index contributed by atoms with van der Waals surface area (Å²) in [5.41, 5.74) is 1.37. The molecule has 0 unspecified atom stereocenters. The third-order valence-corrected chi connectivity index (χ3v) is 4.29. The Labute approximate surface area is 135 Å². The number of phenols is 1. The number of aromatic hydroxyl groups is 1. The van der Waals surface area contributed by atoms with Gasteiger partial charge in [0.15, 0.2) is 0 Å². The fourth-order valence-corrected chi connectivity index (χ4v) is 2.49. The second-order valence-electron chi connectivity index (χ2n) is 4.99. The highest BCUT2D eigenvalue weighted by molar-refractivity contribution is 7.89. The number of hydrogen-bond donors (Lipinski definition) is 2. The lowest BCUT2D eigenvalue weighted by molar-refractivity contribution is 0.412. The maximum Gasteiger partial charge on any atom is 0.238 e. The molecule has 7 heteroatoms. The molecule has 0 aliphatic carbocycles. The normalized spacial score (nSPS) is 13.2. The van der Waals surface area contributed by atoms with Crippen LogP contribution >= 0.6 is 0 Å². The van der Waals surface area contributed by atoms with Crippen molar-refractivity contribution < 1.29 is 18.3 Å². The van der Waals surface area contributed by atoms with Gasteiger partial charge in [-0.15, -0.1) is 0 Å². The van der Waals surface area contributed by atoms with E-state index in [2.05, 4.69) is 4.99 Å². The molecule has 0 saturated heterocycles. The Morgan fingerprint density at radius 2 is 1.87 bits per heavy atom. The second kappa shape index (κ2) is 6.80. The lowest BCUT2D eigenvalue weighted by Crippen LogP contribution is -2.12. The summed E-state index contributed by atoms with van der Waals surface area (Å²) in [4.78, 5) is 4.43. The predicted molar refractivity (Wildman–Crippen MR) is 88.5 cm³/mol. The minimum absolute atomic E-state index is 0.0582. The first-order valence-corrected chi connectivity index (χ1v) is 8.39. The minimum Gasteiger partial charge on any atom is -0.507 e. The van der Waals surface area contributed by atoms with Crippen molar-refractivity contribution in [1.29, 1.82) is 0 Å². The average Bonchev–Trinajstić information content (AvgIpc) is 2.53. The number of benzene rings is 2. The van der Waals surface area contributed by atoms with Gasteiger partial charge in [-0.1, -0.05) is 12.1 Å². The van der Waals surface area contributed by atoms with E-state index in [1.165, 1.54) is 18.2 Å². The maximum absolute atomic E-state index is 11.2. The minimum atomic E-state index is -3.70. The van der Waals surface area contributed by atoms with Gasteiger partial charge in [0.2, 0.25) is 10.0 Å². The first kappa shape index (κ1) is 17.0. The van der Waals surface area contributed by atoms with E-state index in [1.807, 2.05) is 6.92 Å². The number of hydrogen-bond acceptors (Lipinski definition) is 5. The molecule has 23 heavy (non-hydrogen) atoms. The van der Waals surface area contributed by atoms with Gasteiger partial charge in [0.25, 0.3) is 0 Å². The molecule has 0 bridgehead atoms. The summed E-state index contributed by atoms with van der Waals surface area (Å²) in [5.74, 6) is 0.723. The summed E-state index contributed by atoms with van der Waals surface area (Å²) >= 11 is 0. The molecule has 0 heterocycles. The number of nitrogens with two attached hydrogens (primary N) is 1. The van der Waals surface area contributed by atoms with Crippen molar-refractivity contribution in [2.75, 3.05) is 7.11 Å². The van der Waals surface area contributed by atoms with Gasteiger partial charge in [-0.3, -0.25) is 4.99 Å². The quantitative estimate of drug-likeness (QED) is 0.818. The van der Waals surface area contributed by atoms with Crippen molar-refractivity contribution in [3.8, 4) is 11.5 Å². The number of ether oxygens (including phenoxy) is 1. The zero-order valence-corrected chi connectivity index (χ0v) is 13.6. The first-order chi connectivity index (χ1) is 10.8. The molecule has 3 N–H and O–H groups in total. The number of nitrogens with zero attached hydrogens (tertiary/aromatic N) is 1. The molecule has 0 fully saturated rings. The highest BCUT2D eigenvalue weighted by Gasteiger charge is 2.09. The fraction of sp³-hybridized carbons (Fsp3) is 0.188. The van der Waals surface area contributed by atoms with E-state index in [0.717, 1.165) is 5.56 Å². The highest BCUT2D eigenvalue weighted by Crippen LogP contribution is 2.23. The second-order valence-corrected chi connectivity index (χ2v) is 6.55. The summed E-state index contributed by atoms with van der Waals surface area (Å²) in [6.07, 6.45) is 1.55. The molecule has 2 aromatic carbocycles. The molecule has 0 spiro atoms. The van der Waals surface area contributed by atoms with Gasteiger partial charge in [0.1, 0.15) is 11.5 Å². The number of sulfonamides is 1. The average molecular weight is 334 g/mol. The van der Waals surface area contributed by atoms with Crippen molar-refractivity contribution >= 4 is 16.2 Å². The van der Waals surface area contributed by atoms with Crippen LogP contribution < -0.4 is 9.88 Å². The van der Waals surface area contributed by atoms with E-state index >= 15 is 0 Å². The van der Waals surface area contributed by atoms with Crippen molar-refractivity contribution in [2.24, 2.45) is 10.1 Å². The van der Waals surface area contributed by atoms with Crippen LogP contribution in [0.2, 0.25) is 0 Å². The molecule has 0 aliphatic heterocycles. The van der Waals surface area contributed by atoms with Crippen molar-refractivity contribution in [3.05, 3.63) is 53.6 Å². The van der Waals surface area contributed by atoms with Gasteiger partial charge in [0.05, 0.1) is 18.0 Å². The van der Waals surface area contributed by atoms with Crippen LogP contribution in [0.1, 0.15) is 24.1 Å². The Morgan fingerprint density at radius 3 is 2.43 bits per heavy atom. The fourth-order valence-electron chi connectivity index (χ4n) is 1.98. The number of primary sulfonamides is 1. The zero-order valence-electron chi connectivity index (χ0n) is 12.8. The first-order valence-electron chi connectivity index (χ1n) is 6.84. The lowest BCUT2D eigenvalue weighted by Gasteiger charge is -2.08. The Kier molecular flexibility index (Phi) is 5.02. The third-order valence-electron chi connectivity index (χ3n) is 3.36. The van der Waals surface area contributed by atoms with Crippen molar-refractivity contribution in [2.45, 2.75) is 17.9 Å². The molecule has 6 nitrogen and oxygen atoms in total. The van der Waals surface area contributed by atoms with Crippen molar-refractivity contribution in [3.63, 3.8) is 0 Å². The third kappa shape index (κ3) is 4.30. The van der Waals surface area contributed by atoms with E-state index in [1.54, 1.807) is 37.6 Å². The van der Waals surface area contributed by atoms with Crippen LogP contribution in [0.15, 0.2) is 52.4 Å². The van der Waals surface area contributed by atoms with Crippen LogP contribution in [-0.2, 0) is 10.0 Å². The number of phenolic OH excluding ortho intramolecular Hbond substituents is 1. The summed E-state index contributed by atoms with van der Waals surface area (Å²) in [6.45, 7) is 1.86. The van der Waals surface area contributed by atoms with Crippen LogP contribution in [0.25, 0.3) is 0 Å². The van der Waals surface area contributed by atoms with Gasteiger partial charge < -0.3 is 9.84 Å². The van der Waals surface area contributed by atoms with Crippen molar-refractivity contribution in [1.82, 2.24) is 0 Å². The van der Waals surface area contributed by atoms with E-state index in [4.69, 9.17) is 9.88 Å². The van der Waals surface area contributed by atoms with Crippen LogP contribution in [-0.4, -0.2) is 26.8 Å². The predicted octanol–water partition coefficient (Wildman–Crippen LogP) is 2.23. The Hall–Kier alpha value is -2.38. The molecule has 1 atom stereocenters. The van der Waals surface area contributed by atoms with E-state index < -0.39 is 10.0 Å².